The molecule has 160 valence electrons. The van der Waals surface area contributed by atoms with Crippen molar-refractivity contribution in [3.63, 3.8) is 0 Å². The van der Waals surface area contributed by atoms with Gasteiger partial charge in [-0.25, -0.2) is 4.79 Å². The number of carbonyl (C=O) groups is 3. The zero-order valence-electron chi connectivity index (χ0n) is 17.6. The fourth-order valence-corrected chi connectivity index (χ4v) is 3.96. The van der Waals surface area contributed by atoms with Crippen LogP contribution in [-0.2, 0) is 4.74 Å². The second kappa shape index (κ2) is 9.71. The molecule has 1 aliphatic rings. The number of fused-ring (bicyclic) bond motifs is 1. The number of benzene rings is 1. The van der Waals surface area contributed by atoms with Crippen molar-refractivity contribution in [2.45, 2.75) is 65.1 Å². The van der Waals surface area contributed by atoms with E-state index in [9.17, 15) is 14.4 Å². The monoisotopic (exact) mass is 467 g/mol. The summed E-state index contributed by atoms with van der Waals surface area (Å²) in [5.74, 6) is -0.294. The molecule has 0 spiro atoms. The predicted octanol–water partition coefficient (Wildman–Crippen LogP) is 3.88. The summed E-state index contributed by atoms with van der Waals surface area (Å²) >= 11 is 3.30. The van der Waals surface area contributed by atoms with E-state index in [0.717, 1.165) is 6.42 Å². The molecule has 0 aliphatic carbocycles. The van der Waals surface area contributed by atoms with E-state index < -0.39 is 17.7 Å². The first-order chi connectivity index (χ1) is 13.5. The molecule has 2 N–H and O–H groups in total. The van der Waals surface area contributed by atoms with Crippen LogP contribution >= 0.6 is 16.1 Å². The maximum Gasteiger partial charge on any atom is 0.407 e. The third-order valence-electron chi connectivity index (χ3n) is 4.77. The van der Waals surface area contributed by atoms with Crippen molar-refractivity contribution < 1.29 is 19.1 Å². The maximum absolute atomic E-state index is 12.7. The molecule has 0 aromatic heterocycles. The third kappa shape index (κ3) is 6.27. The largest absolute Gasteiger partial charge is 0.444 e. The van der Waals surface area contributed by atoms with E-state index in [1.165, 1.54) is 4.90 Å². The summed E-state index contributed by atoms with van der Waals surface area (Å²) in [6.45, 7) is 9.65. The molecule has 0 saturated carbocycles. The highest BCUT2D eigenvalue weighted by molar-refractivity contribution is 9.08. The zero-order chi connectivity index (χ0) is 21.8. The molecule has 0 bridgehead atoms. The first-order valence-electron chi connectivity index (χ1n) is 9.84. The van der Waals surface area contributed by atoms with Gasteiger partial charge in [0.15, 0.2) is 0 Å². The Morgan fingerprint density at radius 2 is 1.66 bits per heavy atom. The summed E-state index contributed by atoms with van der Waals surface area (Å²) in [5.41, 5.74) is 0.161. The van der Waals surface area contributed by atoms with E-state index in [-0.39, 0.29) is 24.4 Å². The van der Waals surface area contributed by atoms with Crippen molar-refractivity contribution in [3.05, 3.63) is 35.4 Å². The lowest BCUT2D eigenvalue weighted by Crippen LogP contribution is -2.47. The molecule has 1 unspecified atom stereocenters. The Labute approximate surface area is 180 Å². The minimum absolute atomic E-state index is 0.0959. The van der Waals surface area contributed by atoms with Crippen LogP contribution in [0.15, 0.2) is 24.3 Å². The second-order valence-electron chi connectivity index (χ2n) is 8.65. The predicted molar refractivity (Wildman–Crippen MR) is 115 cm³/mol. The number of nitrogens with zero attached hydrogens (tertiary/aromatic N) is 1. The molecule has 1 heterocycles. The van der Waals surface area contributed by atoms with E-state index in [2.05, 4.69) is 39.7 Å². The van der Waals surface area contributed by atoms with E-state index in [4.69, 9.17) is 4.74 Å². The minimum atomic E-state index is -0.637. The van der Waals surface area contributed by atoms with Gasteiger partial charge in [0.2, 0.25) is 0 Å². The maximum atomic E-state index is 12.7. The molecule has 29 heavy (non-hydrogen) atoms. The lowest BCUT2D eigenvalue weighted by Gasteiger charge is -2.28. The van der Waals surface area contributed by atoms with Gasteiger partial charge in [0, 0.05) is 28.7 Å². The number of nitrogens with one attached hydrogen (secondary N) is 2. The first kappa shape index (κ1) is 23.3. The SMILES string of the molecule is CC(C)C(CC[C@@H](CN1C(=O)c2ccccc2C1=O)NC(=O)OC(C)(C)C)NBr. The van der Waals surface area contributed by atoms with Crippen molar-refractivity contribution >= 4 is 34.1 Å². The molecule has 2 atom stereocenters. The van der Waals surface area contributed by atoms with Crippen LogP contribution in [0.3, 0.4) is 0 Å². The van der Waals surface area contributed by atoms with Crippen molar-refractivity contribution in [2.24, 2.45) is 5.92 Å². The number of halogens is 1. The summed E-state index contributed by atoms with van der Waals surface area (Å²) in [5, 5.41) is 2.84. The number of hydrogen-bond donors (Lipinski definition) is 2. The summed E-state index contributed by atoms with van der Waals surface area (Å²) in [4.78, 5) is 38.9. The Hall–Kier alpha value is -1.93. The molecule has 3 amide bonds. The van der Waals surface area contributed by atoms with E-state index in [1.54, 1.807) is 45.0 Å². The molecule has 2 rings (SSSR count). The van der Waals surface area contributed by atoms with Gasteiger partial charge < -0.3 is 10.1 Å². The lowest BCUT2D eigenvalue weighted by atomic mass is 9.97. The fraction of sp³-hybridized carbons (Fsp3) is 0.571. The molecule has 7 nitrogen and oxygen atoms in total. The molecule has 1 aromatic carbocycles. The second-order valence-corrected chi connectivity index (χ2v) is 9.10. The van der Waals surface area contributed by atoms with Crippen LogP contribution in [0.2, 0.25) is 0 Å². The van der Waals surface area contributed by atoms with Crippen LogP contribution in [0.4, 0.5) is 4.79 Å². The average molecular weight is 468 g/mol. The van der Waals surface area contributed by atoms with Crippen molar-refractivity contribution in [2.75, 3.05) is 6.54 Å². The van der Waals surface area contributed by atoms with Gasteiger partial charge >= 0.3 is 6.09 Å². The van der Waals surface area contributed by atoms with Gasteiger partial charge in [-0.3, -0.25) is 18.8 Å². The van der Waals surface area contributed by atoms with Crippen molar-refractivity contribution in [1.29, 1.82) is 0 Å². The smallest absolute Gasteiger partial charge is 0.407 e. The van der Waals surface area contributed by atoms with Crippen molar-refractivity contribution in [1.82, 2.24) is 14.6 Å². The number of imide groups is 1. The van der Waals surface area contributed by atoms with Gasteiger partial charge in [-0.2, -0.15) is 0 Å². The van der Waals surface area contributed by atoms with E-state index in [1.807, 2.05) is 0 Å². The lowest BCUT2D eigenvalue weighted by molar-refractivity contribution is 0.0462. The summed E-state index contributed by atoms with van der Waals surface area (Å²) in [7, 11) is 0. The molecular formula is C21H30BrN3O4. The summed E-state index contributed by atoms with van der Waals surface area (Å²) in [6.07, 6.45) is 0.757. The van der Waals surface area contributed by atoms with Crippen LogP contribution in [0.5, 0.6) is 0 Å². The molecule has 0 fully saturated rings. The van der Waals surface area contributed by atoms with Gasteiger partial charge in [-0.15, -0.1) is 0 Å². The highest BCUT2D eigenvalue weighted by atomic mass is 79.9. The number of ether oxygens (including phenoxy) is 1. The standard InChI is InChI=1S/C21H30BrN3O4/c1-13(2)17(24-22)11-10-14(23-20(28)29-21(3,4)5)12-25-18(26)15-8-6-7-9-16(15)19(25)27/h6-9,13-14,17,24H,10-12H2,1-5H3,(H,23,28)/t14-,17?/m0/s1. The van der Waals surface area contributed by atoms with Gasteiger partial charge in [-0.05, 0) is 51.7 Å². The third-order valence-corrected chi connectivity index (χ3v) is 5.36. The highest BCUT2D eigenvalue weighted by Crippen LogP contribution is 2.23. The van der Waals surface area contributed by atoms with Crippen LogP contribution in [-0.4, -0.2) is 47.0 Å². The van der Waals surface area contributed by atoms with Crippen LogP contribution < -0.4 is 9.66 Å². The quantitative estimate of drug-likeness (QED) is 0.447. The Kier molecular flexibility index (Phi) is 7.82. The zero-order valence-corrected chi connectivity index (χ0v) is 19.2. The summed E-state index contributed by atoms with van der Waals surface area (Å²) < 4.78 is 8.46. The molecule has 1 aliphatic heterocycles. The molecule has 8 heteroatoms. The normalized spacial score (nSPS) is 16.0. The number of carbonyl (C=O) groups excluding carboxylic acids is 3. The van der Waals surface area contributed by atoms with E-state index in [0.29, 0.717) is 23.5 Å². The average Bonchev–Trinajstić information content (AvgIpc) is 2.85. The Balaban J connectivity index is 2.13. The minimum Gasteiger partial charge on any atom is -0.444 e. The van der Waals surface area contributed by atoms with Crippen molar-refractivity contribution in [3.8, 4) is 0 Å². The Morgan fingerprint density at radius 3 is 2.10 bits per heavy atom. The number of hydrogen-bond acceptors (Lipinski definition) is 5. The molecular weight excluding hydrogens is 438 g/mol. The first-order valence-corrected chi connectivity index (χ1v) is 10.6. The molecule has 0 saturated heterocycles. The molecule has 0 radical (unpaired) electrons. The van der Waals surface area contributed by atoms with E-state index >= 15 is 0 Å². The van der Waals surface area contributed by atoms with Crippen LogP contribution in [0.25, 0.3) is 0 Å². The Bertz CT molecular complexity index is 726. The van der Waals surface area contributed by atoms with Gasteiger partial charge in [-0.1, -0.05) is 26.0 Å². The van der Waals surface area contributed by atoms with Gasteiger partial charge in [0.05, 0.1) is 17.2 Å². The topological polar surface area (TPSA) is 87.7 Å². The molecule has 1 aromatic rings. The fourth-order valence-electron chi connectivity index (χ4n) is 3.20. The van der Waals surface area contributed by atoms with Crippen LogP contribution in [0, 0.1) is 5.92 Å². The van der Waals surface area contributed by atoms with Gasteiger partial charge in [0.25, 0.3) is 11.8 Å². The van der Waals surface area contributed by atoms with Crippen LogP contribution in [0.1, 0.15) is 68.2 Å². The number of rotatable bonds is 8. The highest BCUT2D eigenvalue weighted by Gasteiger charge is 2.37. The summed E-state index contributed by atoms with van der Waals surface area (Å²) in [6, 6.07) is 6.52. The number of amides is 3. The number of alkyl carbamates (subject to hydrolysis) is 1. The van der Waals surface area contributed by atoms with Gasteiger partial charge in [0.1, 0.15) is 5.60 Å². The Morgan fingerprint density at radius 1 is 1.10 bits per heavy atom.